The van der Waals surface area contributed by atoms with Crippen molar-refractivity contribution in [2.75, 3.05) is 20.3 Å². The maximum absolute atomic E-state index is 5.28. The minimum Gasteiger partial charge on any atom is -0.382 e. The number of hydrogen-bond acceptors (Lipinski definition) is 3. The smallest absolute Gasteiger partial charge is 0.122 e. The minimum atomic E-state index is 0.799. The van der Waals surface area contributed by atoms with Gasteiger partial charge in [0.2, 0.25) is 0 Å². The molecule has 0 saturated heterocycles. The van der Waals surface area contributed by atoms with Gasteiger partial charge in [-0.05, 0) is 20.4 Å². The van der Waals surface area contributed by atoms with Gasteiger partial charge in [0.05, 0.1) is 6.54 Å². The highest BCUT2D eigenvalue weighted by Crippen LogP contribution is 1.99. The summed E-state index contributed by atoms with van der Waals surface area (Å²) in [5, 5.41) is 3.10. The molecule has 0 spiro atoms. The van der Waals surface area contributed by atoms with Crippen molar-refractivity contribution >= 4 is 0 Å². The van der Waals surface area contributed by atoms with Gasteiger partial charge in [0.25, 0.3) is 0 Å². The Morgan fingerprint density at radius 3 is 3.14 bits per heavy atom. The monoisotopic (exact) mass is 197 g/mol. The topological polar surface area (TPSA) is 39.1 Å². The zero-order valence-corrected chi connectivity index (χ0v) is 8.99. The lowest BCUT2D eigenvalue weighted by atomic mass is 10.4. The first-order chi connectivity index (χ1) is 6.88. The quantitative estimate of drug-likeness (QED) is 0.664. The Morgan fingerprint density at radius 2 is 2.43 bits per heavy atom. The van der Waals surface area contributed by atoms with Gasteiger partial charge < -0.3 is 14.6 Å². The SMILES string of the molecule is CCOCCCn1ccnc1CNC. The van der Waals surface area contributed by atoms with Gasteiger partial charge in [0, 0.05) is 32.2 Å². The number of imidazole rings is 1. The third-order valence-corrected chi connectivity index (χ3v) is 2.03. The van der Waals surface area contributed by atoms with Crippen LogP contribution in [0.1, 0.15) is 19.2 Å². The molecule has 0 amide bonds. The van der Waals surface area contributed by atoms with Crippen LogP contribution in [0, 0.1) is 0 Å². The Bertz CT molecular complexity index is 247. The molecule has 0 fully saturated rings. The lowest BCUT2D eigenvalue weighted by molar-refractivity contribution is 0.141. The van der Waals surface area contributed by atoms with Gasteiger partial charge in [-0.3, -0.25) is 0 Å². The first-order valence-electron chi connectivity index (χ1n) is 5.10. The number of rotatable bonds is 7. The lowest BCUT2D eigenvalue weighted by Gasteiger charge is -2.07. The molecule has 0 aliphatic carbocycles. The van der Waals surface area contributed by atoms with E-state index in [1.165, 1.54) is 0 Å². The summed E-state index contributed by atoms with van der Waals surface area (Å²) in [5.41, 5.74) is 0. The molecule has 1 rings (SSSR count). The highest BCUT2D eigenvalue weighted by molar-refractivity contribution is 4.91. The molecule has 1 heterocycles. The van der Waals surface area contributed by atoms with E-state index >= 15 is 0 Å². The molecule has 0 aliphatic heterocycles. The van der Waals surface area contributed by atoms with E-state index < -0.39 is 0 Å². The second-order valence-corrected chi connectivity index (χ2v) is 3.12. The molecule has 0 atom stereocenters. The number of aryl methyl sites for hydroxylation is 1. The fraction of sp³-hybridized carbons (Fsp3) is 0.700. The molecule has 80 valence electrons. The van der Waals surface area contributed by atoms with E-state index in [4.69, 9.17) is 4.74 Å². The maximum Gasteiger partial charge on any atom is 0.122 e. The number of nitrogens with zero attached hydrogens (tertiary/aromatic N) is 2. The minimum absolute atomic E-state index is 0.799. The van der Waals surface area contributed by atoms with Crippen molar-refractivity contribution in [1.29, 1.82) is 0 Å². The summed E-state index contributed by atoms with van der Waals surface area (Å²) in [6, 6.07) is 0. The van der Waals surface area contributed by atoms with Crippen molar-refractivity contribution < 1.29 is 4.74 Å². The second-order valence-electron chi connectivity index (χ2n) is 3.12. The van der Waals surface area contributed by atoms with Gasteiger partial charge in [0.15, 0.2) is 0 Å². The Balaban J connectivity index is 2.30. The summed E-state index contributed by atoms with van der Waals surface area (Å²) in [5.74, 6) is 1.09. The molecule has 0 bridgehead atoms. The van der Waals surface area contributed by atoms with Crippen molar-refractivity contribution in [3.63, 3.8) is 0 Å². The second kappa shape index (κ2) is 6.56. The van der Waals surface area contributed by atoms with Crippen molar-refractivity contribution in [3.8, 4) is 0 Å². The molecule has 14 heavy (non-hydrogen) atoms. The summed E-state index contributed by atoms with van der Waals surface area (Å²) >= 11 is 0. The Labute approximate surface area is 85.3 Å². The molecule has 0 aromatic carbocycles. The number of ether oxygens (including phenoxy) is 1. The van der Waals surface area contributed by atoms with E-state index in [0.717, 1.165) is 38.5 Å². The first kappa shape index (κ1) is 11.2. The summed E-state index contributed by atoms with van der Waals surface area (Å²) in [6.45, 7) is 5.45. The van der Waals surface area contributed by atoms with Crippen LogP contribution in [0.15, 0.2) is 12.4 Å². The van der Waals surface area contributed by atoms with Crippen LogP contribution in [0.25, 0.3) is 0 Å². The Hall–Kier alpha value is -0.870. The van der Waals surface area contributed by atoms with Crippen molar-refractivity contribution in [3.05, 3.63) is 18.2 Å². The highest BCUT2D eigenvalue weighted by atomic mass is 16.5. The predicted molar refractivity (Wildman–Crippen MR) is 56.1 cm³/mol. The van der Waals surface area contributed by atoms with Crippen molar-refractivity contribution in [1.82, 2.24) is 14.9 Å². The molecule has 0 unspecified atom stereocenters. The normalized spacial score (nSPS) is 10.7. The fourth-order valence-electron chi connectivity index (χ4n) is 1.35. The van der Waals surface area contributed by atoms with E-state index in [-0.39, 0.29) is 0 Å². The lowest BCUT2D eigenvalue weighted by Crippen LogP contribution is -2.13. The average Bonchev–Trinajstić information content (AvgIpc) is 2.61. The molecule has 1 aromatic rings. The van der Waals surface area contributed by atoms with Crippen LogP contribution < -0.4 is 5.32 Å². The van der Waals surface area contributed by atoms with Crippen LogP contribution in [0.3, 0.4) is 0 Å². The van der Waals surface area contributed by atoms with Gasteiger partial charge >= 0.3 is 0 Å². The van der Waals surface area contributed by atoms with Gasteiger partial charge in [-0.25, -0.2) is 4.98 Å². The fourth-order valence-corrected chi connectivity index (χ4v) is 1.35. The standard InChI is InChI=1S/C10H19N3O/c1-3-14-8-4-6-13-7-5-12-10(13)9-11-2/h5,7,11H,3-4,6,8-9H2,1-2H3. The first-order valence-corrected chi connectivity index (χ1v) is 5.10. The molecule has 0 aliphatic rings. The maximum atomic E-state index is 5.28. The molecule has 1 aromatic heterocycles. The molecule has 4 heteroatoms. The summed E-state index contributed by atoms with van der Waals surface area (Å²) in [4.78, 5) is 4.26. The van der Waals surface area contributed by atoms with Gasteiger partial charge in [-0.1, -0.05) is 0 Å². The molecule has 4 nitrogen and oxygen atoms in total. The van der Waals surface area contributed by atoms with Crippen LogP contribution in [-0.2, 0) is 17.8 Å². The summed E-state index contributed by atoms with van der Waals surface area (Å²) < 4.78 is 7.44. The highest BCUT2D eigenvalue weighted by Gasteiger charge is 2.00. The number of aromatic nitrogens is 2. The predicted octanol–water partition coefficient (Wildman–Crippen LogP) is 1.03. The Kier molecular flexibility index (Phi) is 5.25. The Morgan fingerprint density at radius 1 is 1.57 bits per heavy atom. The average molecular weight is 197 g/mol. The van der Waals surface area contributed by atoms with E-state index in [1.54, 1.807) is 0 Å². The van der Waals surface area contributed by atoms with E-state index in [2.05, 4.69) is 14.9 Å². The van der Waals surface area contributed by atoms with Crippen LogP contribution in [0.2, 0.25) is 0 Å². The third-order valence-electron chi connectivity index (χ3n) is 2.03. The van der Waals surface area contributed by atoms with Crippen LogP contribution in [-0.4, -0.2) is 29.8 Å². The molecular weight excluding hydrogens is 178 g/mol. The van der Waals surface area contributed by atoms with Crippen molar-refractivity contribution in [2.24, 2.45) is 0 Å². The molecular formula is C10H19N3O. The number of nitrogens with one attached hydrogen (secondary N) is 1. The van der Waals surface area contributed by atoms with E-state index in [1.807, 2.05) is 26.4 Å². The zero-order chi connectivity index (χ0) is 10.2. The largest absolute Gasteiger partial charge is 0.382 e. The summed E-state index contributed by atoms with van der Waals surface area (Å²) in [7, 11) is 1.93. The zero-order valence-electron chi connectivity index (χ0n) is 8.99. The third kappa shape index (κ3) is 3.47. The summed E-state index contributed by atoms with van der Waals surface area (Å²) in [6.07, 6.45) is 4.90. The molecule has 1 N–H and O–H groups in total. The van der Waals surface area contributed by atoms with Crippen LogP contribution in [0.5, 0.6) is 0 Å². The van der Waals surface area contributed by atoms with E-state index in [9.17, 15) is 0 Å². The van der Waals surface area contributed by atoms with E-state index in [0.29, 0.717) is 0 Å². The van der Waals surface area contributed by atoms with Gasteiger partial charge in [0.1, 0.15) is 5.82 Å². The van der Waals surface area contributed by atoms with Gasteiger partial charge in [-0.2, -0.15) is 0 Å². The van der Waals surface area contributed by atoms with Crippen LogP contribution in [0.4, 0.5) is 0 Å². The van der Waals surface area contributed by atoms with Gasteiger partial charge in [-0.15, -0.1) is 0 Å². The number of hydrogen-bond donors (Lipinski definition) is 1. The van der Waals surface area contributed by atoms with Crippen molar-refractivity contribution in [2.45, 2.75) is 26.4 Å². The molecule has 0 saturated carbocycles. The van der Waals surface area contributed by atoms with Crippen LogP contribution >= 0.6 is 0 Å². The molecule has 0 radical (unpaired) electrons.